The molecular formula is C19H28N2O5S. The zero-order chi connectivity index (χ0) is 20.4. The molecule has 27 heavy (non-hydrogen) atoms. The molecule has 1 amide bonds. The molecule has 0 bridgehead atoms. The first-order valence-electron chi connectivity index (χ1n) is 9.07. The second kappa shape index (κ2) is 7.98. The van der Waals surface area contributed by atoms with Crippen molar-refractivity contribution in [1.82, 2.24) is 9.62 Å². The minimum atomic E-state index is -3.60. The van der Waals surface area contributed by atoms with Gasteiger partial charge in [-0.1, -0.05) is 32.9 Å². The molecule has 1 aromatic rings. The monoisotopic (exact) mass is 396 g/mol. The number of rotatable bonds is 5. The van der Waals surface area contributed by atoms with E-state index in [1.807, 2.05) is 12.1 Å². The molecule has 2 N–H and O–H groups in total. The van der Waals surface area contributed by atoms with Gasteiger partial charge in [0.05, 0.1) is 4.90 Å². The van der Waals surface area contributed by atoms with E-state index >= 15 is 0 Å². The minimum absolute atomic E-state index is 0.0545. The maximum atomic E-state index is 12.8. The van der Waals surface area contributed by atoms with Crippen LogP contribution in [0.5, 0.6) is 0 Å². The van der Waals surface area contributed by atoms with Crippen LogP contribution >= 0.6 is 0 Å². The van der Waals surface area contributed by atoms with Crippen LogP contribution in [0.2, 0.25) is 0 Å². The third kappa shape index (κ3) is 5.07. The number of piperidine rings is 1. The molecule has 0 aliphatic carbocycles. The standard InChI is InChI=1S/C19H28N2O5S/c1-13(18(23)24)20-17(22)14-9-11-21(12-10-14)27(25,26)16-7-5-15(6-8-16)19(2,3)4/h5-8,13-14H,9-12H2,1-4H3,(H,20,22)(H,23,24)/t13-/m1/s1. The SMILES string of the molecule is C[C@@H](NC(=O)C1CCN(S(=O)(=O)c2ccc(C(C)(C)C)cc2)CC1)C(=O)O. The number of nitrogens with zero attached hydrogens (tertiary/aromatic N) is 1. The number of carboxylic acids is 1. The van der Waals surface area contributed by atoms with Crippen molar-refractivity contribution in [2.75, 3.05) is 13.1 Å². The van der Waals surface area contributed by atoms with Gasteiger partial charge in [0.1, 0.15) is 6.04 Å². The van der Waals surface area contributed by atoms with Crippen molar-refractivity contribution in [3.05, 3.63) is 29.8 Å². The third-order valence-electron chi connectivity index (χ3n) is 4.91. The van der Waals surface area contributed by atoms with Crippen LogP contribution in [-0.4, -0.2) is 48.8 Å². The molecule has 7 nitrogen and oxygen atoms in total. The van der Waals surface area contributed by atoms with Gasteiger partial charge in [0, 0.05) is 19.0 Å². The Kier molecular flexibility index (Phi) is 6.32. The molecule has 0 saturated carbocycles. The number of carboxylic acid groups (broad SMARTS) is 1. The summed E-state index contributed by atoms with van der Waals surface area (Å²) < 4.78 is 27.1. The molecule has 1 aliphatic heterocycles. The van der Waals surface area contributed by atoms with Crippen molar-refractivity contribution in [3.8, 4) is 0 Å². The number of hydrogen-bond donors (Lipinski definition) is 2. The van der Waals surface area contributed by atoms with E-state index in [1.54, 1.807) is 12.1 Å². The fraction of sp³-hybridized carbons (Fsp3) is 0.579. The van der Waals surface area contributed by atoms with Gasteiger partial charge in [-0.2, -0.15) is 4.31 Å². The largest absolute Gasteiger partial charge is 0.480 e. The summed E-state index contributed by atoms with van der Waals surface area (Å²) >= 11 is 0. The van der Waals surface area contributed by atoms with Crippen LogP contribution in [0.1, 0.15) is 46.1 Å². The highest BCUT2D eigenvalue weighted by Crippen LogP contribution is 2.27. The van der Waals surface area contributed by atoms with Crippen LogP contribution in [0.3, 0.4) is 0 Å². The summed E-state index contributed by atoms with van der Waals surface area (Å²) in [5, 5.41) is 11.3. The van der Waals surface area contributed by atoms with Gasteiger partial charge in [-0.3, -0.25) is 9.59 Å². The van der Waals surface area contributed by atoms with Gasteiger partial charge in [-0.15, -0.1) is 0 Å². The smallest absolute Gasteiger partial charge is 0.325 e. The average molecular weight is 397 g/mol. The van der Waals surface area contributed by atoms with Crippen molar-refractivity contribution in [2.45, 2.75) is 56.9 Å². The normalized spacial score (nSPS) is 18.1. The van der Waals surface area contributed by atoms with Crippen molar-refractivity contribution >= 4 is 21.9 Å². The number of amides is 1. The number of sulfonamides is 1. The van der Waals surface area contributed by atoms with E-state index in [-0.39, 0.29) is 35.2 Å². The lowest BCUT2D eigenvalue weighted by Crippen LogP contribution is -2.46. The minimum Gasteiger partial charge on any atom is -0.480 e. The Morgan fingerprint density at radius 3 is 2.11 bits per heavy atom. The average Bonchev–Trinajstić information content (AvgIpc) is 2.61. The molecule has 1 aromatic carbocycles. The number of carbonyl (C=O) groups is 2. The van der Waals surface area contributed by atoms with Gasteiger partial charge >= 0.3 is 5.97 Å². The highest BCUT2D eigenvalue weighted by molar-refractivity contribution is 7.89. The topological polar surface area (TPSA) is 104 Å². The second-order valence-electron chi connectivity index (χ2n) is 8.02. The number of nitrogens with one attached hydrogen (secondary N) is 1. The maximum absolute atomic E-state index is 12.8. The van der Waals surface area contributed by atoms with E-state index in [9.17, 15) is 18.0 Å². The molecule has 0 radical (unpaired) electrons. The molecule has 1 saturated heterocycles. The molecule has 1 aliphatic rings. The predicted octanol–water partition coefficient (Wildman–Crippen LogP) is 1.97. The van der Waals surface area contributed by atoms with Crippen LogP contribution in [0.15, 0.2) is 29.2 Å². The molecule has 1 heterocycles. The lowest BCUT2D eigenvalue weighted by molar-refractivity contribution is -0.142. The Balaban J connectivity index is 2.02. The molecule has 0 aromatic heterocycles. The zero-order valence-corrected chi connectivity index (χ0v) is 17.0. The van der Waals surface area contributed by atoms with E-state index < -0.39 is 22.0 Å². The fourth-order valence-electron chi connectivity index (χ4n) is 3.03. The van der Waals surface area contributed by atoms with Crippen LogP contribution < -0.4 is 5.32 Å². The van der Waals surface area contributed by atoms with Crippen molar-refractivity contribution in [1.29, 1.82) is 0 Å². The third-order valence-corrected chi connectivity index (χ3v) is 6.82. The predicted molar refractivity (Wildman–Crippen MR) is 102 cm³/mol. The Labute approximate surface area is 160 Å². The van der Waals surface area contributed by atoms with Gasteiger partial charge in [0.25, 0.3) is 0 Å². The number of carbonyl (C=O) groups excluding carboxylic acids is 1. The van der Waals surface area contributed by atoms with Gasteiger partial charge in [-0.05, 0) is 42.9 Å². The zero-order valence-electron chi connectivity index (χ0n) is 16.2. The quantitative estimate of drug-likeness (QED) is 0.792. The molecular weight excluding hydrogens is 368 g/mol. The van der Waals surface area contributed by atoms with Crippen LogP contribution in [0, 0.1) is 5.92 Å². The lowest BCUT2D eigenvalue weighted by atomic mass is 9.87. The summed E-state index contributed by atoms with van der Waals surface area (Å²) in [5.41, 5.74) is 1.01. The lowest BCUT2D eigenvalue weighted by Gasteiger charge is -2.31. The summed E-state index contributed by atoms with van der Waals surface area (Å²) in [7, 11) is -3.60. The summed E-state index contributed by atoms with van der Waals surface area (Å²) in [6, 6.07) is 5.97. The first-order valence-corrected chi connectivity index (χ1v) is 10.5. The summed E-state index contributed by atoms with van der Waals surface area (Å²) in [6.45, 7) is 8.08. The van der Waals surface area contributed by atoms with Crippen LogP contribution in [0.25, 0.3) is 0 Å². The number of benzene rings is 1. The molecule has 150 valence electrons. The molecule has 0 unspecified atom stereocenters. The van der Waals surface area contributed by atoms with E-state index in [0.29, 0.717) is 12.8 Å². The Hall–Kier alpha value is -1.93. The van der Waals surface area contributed by atoms with Gasteiger partial charge < -0.3 is 10.4 Å². The molecule has 1 atom stereocenters. The fourth-order valence-corrected chi connectivity index (χ4v) is 4.50. The molecule has 0 spiro atoms. The van der Waals surface area contributed by atoms with Crippen molar-refractivity contribution in [2.24, 2.45) is 5.92 Å². The molecule has 2 rings (SSSR count). The second-order valence-corrected chi connectivity index (χ2v) is 9.96. The first-order chi connectivity index (χ1) is 12.4. The summed E-state index contributed by atoms with van der Waals surface area (Å²) in [4.78, 5) is 23.2. The Bertz CT molecular complexity index is 788. The number of aliphatic carboxylic acids is 1. The van der Waals surface area contributed by atoms with Gasteiger partial charge in [0.2, 0.25) is 15.9 Å². The van der Waals surface area contributed by atoms with E-state index in [4.69, 9.17) is 5.11 Å². The van der Waals surface area contributed by atoms with Crippen LogP contribution in [-0.2, 0) is 25.0 Å². The van der Waals surface area contributed by atoms with Gasteiger partial charge in [-0.25, -0.2) is 8.42 Å². The Morgan fingerprint density at radius 1 is 1.15 bits per heavy atom. The highest BCUT2D eigenvalue weighted by Gasteiger charge is 2.33. The first kappa shape index (κ1) is 21.4. The molecule has 1 fully saturated rings. The van der Waals surface area contributed by atoms with Crippen LogP contribution in [0.4, 0.5) is 0 Å². The van der Waals surface area contributed by atoms with Crippen molar-refractivity contribution < 1.29 is 23.1 Å². The van der Waals surface area contributed by atoms with E-state index in [1.165, 1.54) is 11.2 Å². The molecule has 8 heteroatoms. The highest BCUT2D eigenvalue weighted by atomic mass is 32.2. The maximum Gasteiger partial charge on any atom is 0.325 e. The number of hydrogen-bond acceptors (Lipinski definition) is 4. The van der Waals surface area contributed by atoms with E-state index in [2.05, 4.69) is 26.1 Å². The summed E-state index contributed by atoms with van der Waals surface area (Å²) in [6.07, 6.45) is 0.745. The Morgan fingerprint density at radius 2 is 1.67 bits per heavy atom. The summed E-state index contributed by atoms with van der Waals surface area (Å²) in [5.74, 6) is -1.81. The van der Waals surface area contributed by atoms with Crippen molar-refractivity contribution in [3.63, 3.8) is 0 Å². The van der Waals surface area contributed by atoms with E-state index in [0.717, 1.165) is 5.56 Å². The van der Waals surface area contributed by atoms with Gasteiger partial charge in [0.15, 0.2) is 0 Å².